The molecule has 0 aromatic heterocycles. The van der Waals surface area contributed by atoms with Crippen LogP contribution >= 0.6 is 11.6 Å². The topological polar surface area (TPSA) is 137 Å². The number of halogens is 1. The van der Waals surface area contributed by atoms with E-state index in [1.165, 1.54) is 18.9 Å². The summed E-state index contributed by atoms with van der Waals surface area (Å²) in [5.74, 6) is -2.11. The Balaban J connectivity index is 1.52. The summed E-state index contributed by atoms with van der Waals surface area (Å²) in [5.41, 5.74) is 7.04. The normalized spacial score (nSPS) is 20.0. The van der Waals surface area contributed by atoms with Crippen molar-refractivity contribution in [3.8, 4) is 5.75 Å². The fraction of sp³-hybridized carbons (Fsp3) is 0.385. The van der Waals surface area contributed by atoms with Crippen LogP contribution < -0.4 is 14.8 Å². The van der Waals surface area contributed by atoms with Gasteiger partial charge in [-0.05, 0) is 62.1 Å². The van der Waals surface area contributed by atoms with Gasteiger partial charge < -0.3 is 20.5 Å². The number of aliphatic carboxylic acids is 1. The van der Waals surface area contributed by atoms with Crippen LogP contribution in [0.15, 0.2) is 48.5 Å². The van der Waals surface area contributed by atoms with E-state index in [9.17, 15) is 18.3 Å². The largest absolute Gasteiger partial charge is 0.489 e. The molecule has 2 atom stereocenters. The van der Waals surface area contributed by atoms with Crippen molar-refractivity contribution < 1.29 is 23.1 Å². The zero-order chi connectivity index (χ0) is 26.6. The molecule has 0 radical (unpaired) electrons. The Labute approximate surface area is 222 Å². The fourth-order valence-corrected chi connectivity index (χ4v) is 6.36. The SMILES string of the molecule is N=C(N)c1cccc(/C=C/CN(c2ccc(OC3CCN4CCCC4C3)c(Cl)c2)S(=O)(=O)CC(=O)O)c1. The fourth-order valence-electron chi connectivity index (χ4n) is 4.92. The predicted octanol–water partition coefficient (Wildman–Crippen LogP) is 3.56. The summed E-state index contributed by atoms with van der Waals surface area (Å²) in [6, 6.07) is 12.2. The summed E-state index contributed by atoms with van der Waals surface area (Å²) in [6.07, 6.45) is 7.56. The number of hydrogen-bond acceptors (Lipinski definition) is 6. The number of benzene rings is 2. The first-order chi connectivity index (χ1) is 17.6. The van der Waals surface area contributed by atoms with Crippen LogP contribution in [0.2, 0.25) is 5.02 Å². The lowest BCUT2D eigenvalue weighted by Crippen LogP contribution is -2.42. The second-order valence-corrected chi connectivity index (χ2v) is 11.6. The van der Waals surface area contributed by atoms with E-state index >= 15 is 0 Å². The van der Waals surface area contributed by atoms with Gasteiger partial charge in [0, 0.05) is 18.2 Å². The average Bonchev–Trinajstić information content (AvgIpc) is 3.30. The van der Waals surface area contributed by atoms with E-state index in [-0.39, 0.29) is 29.2 Å². The number of nitrogen functional groups attached to an aromatic ring is 1. The van der Waals surface area contributed by atoms with E-state index in [1.807, 2.05) is 0 Å². The third-order valence-corrected chi connectivity index (χ3v) is 8.63. The molecule has 2 aromatic carbocycles. The number of anilines is 1. The van der Waals surface area contributed by atoms with Gasteiger partial charge in [0.25, 0.3) is 0 Å². The molecule has 4 N–H and O–H groups in total. The van der Waals surface area contributed by atoms with Gasteiger partial charge in [-0.1, -0.05) is 42.0 Å². The summed E-state index contributed by atoms with van der Waals surface area (Å²) >= 11 is 6.51. The zero-order valence-corrected chi connectivity index (χ0v) is 21.9. The van der Waals surface area contributed by atoms with Crippen LogP contribution in [0.4, 0.5) is 5.69 Å². The minimum absolute atomic E-state index is 0.0447. The smallest absolute Gasteiger partial charge is 0.320 e. The molecule has 2 aromatic rings. The number of nitrogens with one attached hydrogen (secondary N) is 1. The second kappa shape index (κ2) is 11.5. The first-order valence-corrected chi connectivity index (χ1v) is 14.1. The molecular formula is C26H31ClN4O5S. The molecular weight excluding hydrogens is 516 g/mol. The minimum Gasteiger partial charge on any atom is -0.489 e. The number of piperidine rings is 1. The molecule has 0 bridgehead atoms. The molecule has 0 spiro atoms. The maximum absolute atomic E-state index is 12.9. The highest BCUT2D eigenvalue weighted by atomic mass is 35.5. The Hall–Kier alpha value is -3.08. The van der Waals surface area contributed by atoms with Crippen LogP contribution in [0, 0.1) is 5.41 Å². The lowest BCUT2D eigenvalue weighted by molar-refractivity contribution is -0.134. The number of nitrogens with zero attached hydrogens (tertiary/aromatic N) is 2. The molecule has 2 fully saturated rings. The van der Waals surface area contributed by atoms with Crippen LogP contribution in [0.25, 0.3) is 6.08 Å². The van der Waals surface area contributed by atoms with Gasteiger partial charge in [0.1, 0.15) is 17.7 Å². The van der Waals surface area contributed by atoms with Crippen molar-refractivity contribution in [2.75, 3.05) is 29.7 Å². The predicted molar refractivity (Wildman–Crippen MR) is 145 cm³/mol. The molecule has 198 valence electrons. The Kier molecular flexibility index (Phi) is 8.41. The van der Waals surface area contributed by atoms with Crippen molar-refractivity contribution in [1.29, 1.82) is 5.41 Å². The average molecular weight is 547 g/mol. The lowest BCUT2D eigenvalue weighted by atomic mass is 10.00. The van der Waals surface area contributed by atoms with Crippen molar-refractivity contribution in [3.05, 3.63) is 64.7 Å². The molecule has 37 heavy (non-hydrogen) atoms. The first kappa shape index (κ1) is 27.0. The highest BCUT2D eigenvalue weighted by Crippen LogP contribution is 2.34. The van der Waals surface area contributed by atoms with Crippen LogP contribution in [-0.4, -0.2) is 67.8 Å². The third kappa shape index (κ3) is 6.82. The molecule has 2 aliphatic rings. The van der Waals surface area contributed by atoms with Gasteiger partial charge >= 0.3 is 5.97 Å². The molecule has 9 nitrogen and oxygen atoms in total. The first-order valence-electron chi connectivity index (χ1n) is 12.2. The van der Waals surface area contributed by atoms with Crippen molar-refractivity contribution in [1.82, 2.24) is 4.90 Å². The summed E-state index contributed by atoms with van der Waals surface area (Å²) in [7, 11) is -4.19. The van der Waals surface area contributed by atoms with Crippen LogP contribution in [0.1, 0.15) is 36.8 Å². The number of fused-ring (bicyclic) bond motifs is 1. The van der Waals surface area contributed by atoms with Gasteiger partial charge in [0.15, 0.2) is 5.75 Å². The maximum atomic E-state index is 12.9. The lowest BCUT2D eigenvalue weighted by Gasteiger charge is -2.35. The molecule has 11 heteroatoms. The number of ether oxygens (including phenoxy) is 1. The van der Waals surface area contributed by atoms with Gasteiger partial charge in [0.2, 0.25) is 10.0 Å². The Bertz CT molecular complexity index is 1300. The molecule has 0 aliphatic carbocycles. The van der Waals surface area contributed by atoms with Crippen molar-refractivity contribution in [3.63, 3.8) is 0 Å². The van der Waals surface area contributed by atoms with E-state index in [1.54, 1.807) is 48.6 Å². The molecule has 2 heterocycles. The molecule has 2 saturated heterocycles. The standard InChI is InChI=1S/C26H31ClN4O5S/c27-23-16-21(8-9-24(23)36-22-10-13-30-11-3-7-20(30)15-22)31(37(34,35)17-25(32)33)12-2-5-18-4-1-6-19(14-18)26(28)29/h1-2,4-6,8-9,14,16,20,22H,3,7,10-13,15,17H2,(H3,28,29)(H,32,33)/b5-2+. The van der Waals surface area contributed by atoms with Crippen molar-refractivity contribution in [2.24, 2.45) is 5.73 Å². The molecule has 4 rings (SSSR count). The van der Waals surface area contributed by atoms with Gasteiger partial charge in [-0.25, -0.2) is 8.42 Å². The minimum atomic E-state index is -4.19. The van der Waals surface area contributed by atoms with Gasteiger partial charge in [-0.15, -0.1) is 0 Å². The number of sulfonamides is 1. The summed E-state index contributed by atoms with van der Waals surface area (Å²) < 4.78 is 33.1. The highest BCUT2D eigenvalue weighted by molar-refractivity contribution is 7.93. The van der Waals surface area contributed by atoms with E-state index in [2.05, 4.69) is 4.90 Å². The van der Waals surface area contributed by atoms with Gasteiger partial charge in [-0.3, -0.25) is 14.5 Å². The van der Waals surface area contributed by atoms with Gasteiger partial charge in [-0.2, -0.15) is 0 Å². The highest BCUT2D eigenvalue weighted by Gasteiger charge is 2.33. The maximum Gasteiger partial charge on any atom is 0.320 e. The van der Waals surface area contributed by atoms with Crippen LogP contribution in [0.5, 0.6) is 5.75 Å². The van der Waals surface area contributed by atoms with E-state index in [0.717, 1.165) is 35.8 Å². The number of hydrogen-bond donors (Lipinski definition) is 3. The van der Waals surface area contributed by atoms with Crippen LogP contribution in [-0.2, 0) is 14.8 Å². The Morgan fingerprint density at radius 3 is 2.78 bits per heavy atom. The van der Waals surface area contributed by atoms with E-state index in [4.69, 9.17) is 27.5 Å². The van der Waals surface area contributed by atoms with Crippen molar-refractivity contribution >= 4 is 45.2 Å². The monoisotopic (exact) mass is 546 g/mol. The molecule has 0 amide bonds. The second-order valence-electron chi connectivity index (χ2n) is 9.33. The number of carboxylic acid groups (broad SMARTS) is 1. The quantitative estimate of drug-likeness (QED) is 0.306. The van der Waals surface area contributed by atoms with Crippen molar-refractivity contribution in [2.45, 2.75) is 37.8 Å². The molecule has 2 unspecified atom stereocenters. The number of rotatable bonds is 10. The van der Waals surface area contributed by atoms with E-state index < -0.39 is 21.7 Å². The third-order valence-electron chi connectivity index (χ3n) is 6.69. The number of nitrogens with two attached hydrogens (primary N) is 1. The summed E-state index contributed by atoms with van der Waals surface area (Å²) in [5, 5.41) is 17.0. The molecule has 2 aliphatic heterocycles. The summed E-state index contributed by atoms with van der Waals surface area (Å²) in [4.78, 5) is 13.8. The zero-order valence-electron chi connectivity index (χ0n) is 20.3. The Morgan fingerprint density at radius 1 is 1.24 bits per heavy atom. The Morgan fingerprint density at radius 2 is 2.05 bits per heavy atom. The number of amidine groups is 1. The number of carboxylic acids is 1. The van der Waals surface area contributed by atoms with Crippen LogP contribution in [0.3, 0.4) is 0 Å². The molecule has 0 saturated carbocycles. The van der Waals surface area contributed by atoms with E-state index in [0.29, 0.717) is 17.4 Å². The number of carbonyl (C=O) groups is 1. The summed E-state index contributed by atoms with van der Waals surface area (Å²) in [6.45, 7) is 2.02. The van der Waals surface area contributed by atoms with Gasteiger partial charge in [0.05, 0.1) is 17.3 Å².